The van der Waals surface area contributed by atoms with Gasteiger partial charge in [0.25, 0.3) is 5.22 Å². The summed E-state index contributed by atoms with van der Waals surface area (Å²) in [6.07, 6.45) is 2.41. The van der Waals surface area contributed by atoms with Crippen molar-refractivity contribution in [2.75, 3.05) is 0 Å². The first-order valence-electron chi connectivity index (χ1n) is 4.54. The van der Waals surface area contributed by atoms with Gasteiger partial charge in [-0.15, -0.1) is 0 Å². The van der Waals surface area contributed by atoms with Crippen molar-refractivity contribution in [3.8, 4) is 0 Å². The Morgan fingerprint density at radius 1 is 1.50 bits per heavy atom. The average Bonchev–Trinajstić information content (AvgIpc) is 2.67. The summed E-state index contributed by atoms with van der Waals surface area (Å²) in [6.45, 7) is 1.86. The lowest BCUT2D eigenvalue weighted by Crippen LogP contribution is -1.85. The van der Waals surface area contributed by atoms with E-state index in [4.69, 9.17) is 4.42 Å². The molecule has 0 atom stereocenters. The van der Waals surface area contributed by atoms with Gasteiger partial charge < -0.3 is 4.42 Å². The number of aryl methyl sites for hydroxylation is 1. The van der Waals surface area contributed by atoms with E-state index in [0.717, 1.165) is 21.3 Å². The van der Waals surface area contributed by atoms with Gasteiger partial charge in [0.15, 0.2) is 6.29 Å². The number of halogens is 1. The number of oxazole rings is 1. The Kier molecular flexibility index (Phi) is 3.46. The fraction of sp³-hybridized carbons (Fsp3) is 0.0909. The number of benzene rings is 1. The molecule has 0 saturated heterocycles. The van der Waals surface area contributed by atoms with Crippen LogP contribution in [0.3, 0.4) is 0 Å². The number of hydrogen-bond acceptors (Lipinski definition) is 4. The Morgan fingerprint density at radius 3 is 2.94 bits per heavy atom. The van der Waals surface area contributed by atoms with Crippen LogP contribution in [0.15, 0.2) is 43.5 Å². The van der Waals surface area contributed by atoms with E-state index in [-0.39, 0.29) is 0 Å². The topological polar surface area (TPSA) is 43.1 Å². The Hall–Kier alpha value is -1.07. The highest BCUT2D eigenvalue weighted by Gasteiger charge is 2.08. The highest BCUT2D eigenvalue weighted by Crippen LogP contribution is 2.30. The summed E-state index contributed by atoms with van der Waals surface area (Å²) >= 11 is 4.66. The van der Waals surface area contributed by atoms with Crippen LogP contribution in [0, 0.1) is 6.92 Å². The molecule has 1 aromatic carbocycles. The van der Waals surface area contributed by atoms with Crippen molar-refractivity contribution in [3.05, 3.63) is 40.2 Å². The van der Waals surface area contributed by atoms with Gasteiger partial charge in [0.05, 0.1) is 5.69 Å². The summed E-state index contributed by atoms with van der Waals surface area (Å²) in [5.74, 6) is 0. The van der Waals surface area contributed by atoms with Gasteiger partial charge >= 0.3 is 0 Å². The highest BCUT2D eigenvalue weighted by molar-refractivity contribution is 9.10. The smallest absolute Gasteiger partial charge is 0.260 e. The molecule has 16 heavy (non-hydrogen) atoms. The van der Waals surface area contributed by atoms with E-state index in [1.54, 1.807) is 12.3 Å². The minimum absolute atomic E-state index is 0.544. The van der Waals surface area contributed by atoms with Gasteiger partial charge in [-0.25, -0.2) is 4.98 Å². The predicted molar refractivity (Wildman–Crippen MR) is 64.9 cm³/mol. The van der Waals surface area contributed by atoms with E-state index >= 15 is 0 Å². The van der Waals surface area contributed by atoms with Crippen LogP contribution in [0.2, 0.25) is 0 Å². The Morgan fingerprint density at radius 2 is 2.31 bits per heavy atom. The fourth-order valence-electron chi connectivity index (χ4n) is 1.18. The molecular weight excluding hydrogens is 290 g/mol. The molecule has 3 nitrogen and oxygen atoms in total. The fourth-order valence-corrected chi connectivity index (χ4v) is 2.39. The molecule has 82 valence electrons. The summed E-state index contributed by atoms with van der Waals surface area (Å²) < 4.78 is 6.10. The third-order valence-corrected chi connectivity index (χ3v) is 3.34. The van der Waals surface area contributed by atoms with Crippen LogP contribution in [0.4, 0.5) is 0 Å². The second-order valence-corrected chi connectivity index (χ2v) is 5.07. The van der Waals surface area contributed by atoms with Crippen molar-refractivity contribution in [1.82, 2.24) is 4.98 Å². The third-order valence-electron chi connectivity index (χ3n) is 1.89. The predicted octanol–water partition coefficient (Wildman–Crippen LogP) is 3.71. The molecule has 0 N–H and O–H groups in total. The van der Waals surface area contributed by atoms with Crippen molar-refractivity contribution < 1.29 is 9.21 Å². The van der Waals surface area contributed by atoms with Gasteiger partial charge in [0, 0.05) is 14.9 Å². The molecule has 1 aromatic heterocycles. The molecular formula is C11H8BrNO2S. The first-order chi connectivity index (χ1) is 7.69. The summed E-state index contributed by atoms with van der Waals surface area (Å²) in [5.41, 5.74) is 1.45. The van der Waals surface area contributed by atoms with Gasteiger partial charge in [-0.1, -0.05) is 15.9 Å². The SMILES string of the molecule is Cc1coc(Sc2ccc(Br)cc2C=O)n1. The van der Waals surface area contributed by atoms with Crippen molar-refractivity contribution in [2.24, 2.45) is 0 Å². The number of hydrogen-bond donors (Lipinski definition) is 0. The molecule has 0 bridgehead atoms. The van der Waals surface area contributed by atoms with E-state index in [9.17, 15) is 4.79 Å². The summed E-state index contributed by atoms with van der Waals surface area (Å²) in [6, 6.07) is 5.51. The largest absolute Gasteiger partial charge is 0.439 e. The summed E-state index contributed by atoms with van der Waals surface area (Å²) in [7, 11) is 0. The quantitative estimate of drug-likeness (QED) is 0.810. The van der Waals surface area contributed by atoms with Crippen LogP contribution in [0.5, 0.6) is 0 Å². The van der Waals surface area contributed by atoms with Gasteiger partial charge in [0.2, 0.25) is 0 Å². The van der Waals surface area contributed by atoms with Crippen LogP contribution >= 0.6 is 27.7 Å². The maximum Gasteiger partial charge on any atom is 0.260 e. The summed E-state index contributed by atoms with van der Waals surface area (Å²) in [4.78, 5) is 15.9. The van der Waals surface area contributed by atoms with Crippen molar-refractivity contribution in [3.63, 3.8) is 0 Å². The Labute approximate surface area is 105 Å². The highest BCUT2D eigenvalue weighted by atomic mass is 79.9. The molecule has 0 aliphatic carbocycles. The van der Waals surface area contributed by atoms with E-state index in [1.807, 2.05) is 19.1 Å². The van der Waals surface area contributed by atoms with Crippen LogP contribution < -0.4 is 0 Å². The average molecular weight is 298 g/mol. The van der Waals surface area contributed by atoms with Gasteiger partial charge in [-0.05, 0) is 36.9 Å². The molecule has 0 unspecified atom stereocenters. The number of carbonyl (C=O) groups excluding carboxylic acids is 1. The number of rotatable bonds is 3. The van der Waals surface area contributed by atoms with Gasteiger partial charge in [0.1, 0.15) is 6.26 Å². The normalized spacial score (nSPS) is 10.4. The lowest BCUT2D eigenvalue weighted by atomic mass is 10.2. The zero-order valence-corrected chi connectivity index (χ0v) is 10.8. The van der Waals surface area contributed by atoms with Crippen molar-refractivity contribution in [1.29, 1.82) is 0 Å². The minimum atomic E-state index is 0.544. The molecule has 1 heterocycles. The van der Waals surface area contributed by atoms with Crippen LogP contribution in [-0.4, -0.2) is 11.3 Å². The van der Waals surface area contributed by atoms with E-state index in [0.29, 0.717) is 10.8 Å². The Balaban J connectivity index is 2.30. The molecule has 2 rings (SSSR count). The number of aldehydes is 1. The molecule has 0 aliphatic rings. The van der Waals surface area contributed by atoms with Crippen LogP contribution in [-0.2, 0) is 0 Å². The number of carbonyl (C=O) groups is 1. The standard InChI is InChI=1S/C11H8BrNO2S/c1-7-6-15-11(13-7)16-10-3-2-9(12)4-8(10)5-14/h2-6H,1H3. The van der Waals surface area contributed by atoms with Crippen molar-refractivity contribution >= 4 is 34.0 Å². The monoisotopic (exact) mass is 297 g/mol. The van der Waals surface area contributed by atoms with Gasteiger partial charge in [-0.3, -0.25) is 4.79 Å². The molecule has 2 aromatic rings. The maximum atomic E-state index is 10.9. The van der Waals surface area contributed by atoms with E-state index < -0.39 is 0 Å². The molecule has 0 spiro atoms. The minimum Gasteiger partial charge on any atom is -0.439 e. The Bertz CT molecular complexity index is 524. The number of aromatic nitrogens is 1. The molecule has 0 saturated carbocycles. The molecule has 5 heteroatoms. The zero-order chi connectivity index (χ0) is 11.5. The second-order valence-electron chi connectivity index (χ2n) is 3.16. The molecule has 0 radical (unpaired) electrons. The zero-order valence-electron chi connectivity index (χ0n) is 8.44. The lowest BCUT2D eigenvalue weighted by Gasteiger charge is -2.01. The molecule has 0 aliphatic heterocycles. The van der Waals surface area contributed by atoms with Crippen molar-refractivity contribution in [2.45, 2.75) is 17.0 Å². The first-order valence-corrected chi connectivity index (χ1v) is 6.14. The first kappa shape index (κ1) is 11.4. The third kappa shape index (κ3) is 2.54. The van der Waals surface area contributed by atoms with Crippen LogP contribution in [0.25, 0.3) is 0 Å². The van der Waals surface area contributed by atoms with Gasteiger partial charge in [-0.2, -0.15) is 0 Å². The lowest BCUT2D eigenvalue weighted by molar-refractivity contribution is 0.112. The number of nitrogens with zero attached hydrogens (tertiary/aromatic N) is 1. The van der Waals surface area contributed by atoms with Crippen LogP contribution in [0.1, 0.15) is 16.1 Å². The van der Waals surface area contributed by atoms with E-state index in [2.05, 4.69) is 20.9 Å². The molecule has 0 fully saturated rings. The summed E-state index contributed by atoms with van der Waals surface area (Å²) in [5, 5.41) is 0.544. The second kappa shape index (κ2) is 4.84. The molecule has 0 amide bonds. The maximum absolute atomic E-state index is 10.9. The van der Waals surface area contributed by atoms with E-state index in [1.165, 1.54) is 11.8 Å².